The lowest BCUT2D eigenvalue weighted by Crippen LogP contribution is -2.41. The lowest BCUT2D eigenvalue weighted by molar-refractivity contribution is 0.229. The Balaban J connectivity index is 2.27. The molecule has 0 N–H and O–H groups in total. The fraction of sp³-hybridized carbons (Fsp3) is 0.643. The fourth-order valence-electron chi connectivity index (χ4n) is 1.23. The number of nitrogens with zero attached hydrogens (tertiary/aromatic N) is 3. The molecule has 110 valence electrons. The zero-order valence-corrected chi connectivity index (χ0v) is 13.9. The van der Waals surface area contributed by atoms with E-state index in [4.69, 9.17) is 14.4 Å². The summed E-state index contributed by atoms with van der Waals surface area (Å²) in [6, 6.07) is 1.92. The highest BCUT2D eigenvalue weighted by atomic mass is 28.4. The lowest BCUT2D eigenvalue weighted by atomic mass is 10.2. The molecule has 0 amide bonds. The van der Waals surface area contributed by atoms with Gasteiger partial charge in [0.2, 0.25) is 5.88 Å². The predicted molar refractivity (Wildman–Crippen MR) is 80.0 cm³/mol. The van der Waals surface area contributed by atoms with Gasteiger partial charge in [-0.25, -0.2) is 9.97 Å². The van der Waals surface area contributed by atoms with Gasteiger partial charge in [0.15, 0.2) is 14.0 Å². The molecule has 0 spiro atoms. The Labute approximate surface area is 122 Å². The number of rotatable bonds is 6. The third-order valence-corrected chi connectivity index (χ3v) is 8.09. The van der Waals surface area contributed by atoms with Crippen molar-refractivity contribution in [3.63, 3.8) is 0 Å². The molecule has 0 saturated heterocycles. The second-order valence-electron chi connectivity index (χ2n) is 6.16. The van der Waals surface area contributed by atoms with E-state index >= 15 is 0 Å². The third-order valence-electron chi connectivity index (χ3n) is 3.55. The van der Waals surface area contributed by atoms with Gasteiger partial charge in [-0.3, -0.25) is 0 Å². The molecule has 1 aromatic heterocycles. The van der Waals surface area contributed by atoms with E-state index in [2.05, 4.69) is 43.8 Å². The average Bonchev–Trinajstić information content (AvgIpc) is 2.37. The SMILES string of the molecule is CC(C)(C)[Si](C)(C)OCCCOc1cnc(C#N)cn1. The highest BCUT2D eigenvalue weighted by Gasteiger charge is 2.36. The van der Waals surface area contributed by atoms with Crippen molar-refractivity contribution < 1.29 is 9.16 Å². The van der Waals surface area contributed by atoms with Crippen LogP contribution in [0.4, 0.5) is 0 Å². The highest BCUT2D eigenvalue weighted by Crippen LogP contribution is 2.36. The fourth-order valence-corrected chi connectivity index (χ4v) is 2.32. The molecule has 0 atom stereocenters. The van der Waals surface area contributed by atoms with Crippen molar-refractivity contribution in [1.29, 1.82) is 5.26 Å². The molecule has 0 saturated carbocycles. The van der Waals surface area contributed by atoms with Crippen LogP contribution < -0.4 is 4.74 Å². The minimum absolute atomic E-state index is 0.229. The maximum atomic E-state index is 8.61. The van der Waals surface area contributed by atoms with Gasteiger partial charge in [0.05, 0.1) is 19.0 Å². The van der Waals surface area contributed by atoms with E-state index in [1.807, 2.05) is 6.07 Å². The van der Waals surface area contributed by atoms with Crippen LogP contribution in [0.3, 0.4) is 0 Å². The van der Waals surface area contributed by atoms with Crippen LogP contribution in [0, 0.1) is 11.3 Å². The van der Waals surface area contributed by atoms with E-state index in [-0.39, 0.29) is 5.04 Å². The smallest absolute Gasteiger partial charge is 0.232 e. The minimum Gasteiger partial charge on any atom is -0.476 e. The molecule has 0 aliphatic rings. The molecule has 1 aromatic rings. The molecule has 0 aliphatic carbocycles. The van der Waals surface area contributed by atoms with Crippen LogP contribution in [0.25, 0.3) is 0 Å². The van der Waals surface area contributed by atoms with Crippen LogP contribution in [0.2, 0.25) is 18.1 Å². The van der Waals surface area contributed by atoms with E-state index in [0.717, 1.165) is 6.42 Å². The molecule has 1 rings (SSSR count). The molecule has 0 fully saturated rings. The number of nitriles is 1. The molecule has 0 aromatic carbocycles. The van der Waals surface area contributed by atoms with Crippen LogP contribution in [-0.2, 0) is 4.43 Å². The van der Waals surface area contributed by atoms with Gasteiger partial charge in [0, 0.05) is 13.0 Å². The zero-order valence-electron chi connectivity index (χ0n) is 12.9. The molecule has 5 nitrogen and oxygen atoms in total. The van der Waals surface area contributed by atoms with Crippen molar-refractivity contribution in [3.8, 4) is 11.9 Å². The van der Waals surface area contributed by atoms with E-state index in [9.17, 15) is 0 Å². The Bertz CT molecular complexity index is 461. The number of aromatic nitrogens is 2. The van der Waals surface area contributed by atoms with E-state index in [0.29, 0.717) is 24.8 Å². The topological polar surface area (TPSA) is 68.0 Å². The summed E-state index contributed by atoms with van der Waals surface area (Å²) in [6.07, 6.45) is 3.68. The molecular weight excluding hydrogens is 270 g/mol. The first-order valence-corrected chi connectivity index (χ1v) is 9.66. The molecular formula is C14H23N3O2Si. The zero-order chi connectivity index (χ0) is 15.2. The normalized spacial score (nSPS) is 12.0. The largest absolute Gasteiger partial charge is 0.476 e. The number of ether oxygens (including phenoxy) is 1. The molecule has 0 bridgehead atoms. The summed E-state index contributed by atoms with van der Waals surface area (Å²) in [5.41, 5.74) is 0.290. The van der Waals surface area contributed by atoms with Gasteiger partial charge < -0.3 is 9.16 Å². The summed E-state index contributed by atoms with van der Waals surface area (Å²) in [6.45, 7) is 12.4. The van der Waals surface area contributed by atoms with Crippen LogP contribution in [0.1, 0.15) is 32.9 Å². The van der Waals surface area contributed by atoms with Gasteiger partial charge in [-0.1, -0.05) is 20.8 Å². The van der Waals surface area contributed by atoms with Crippen LogP contribution >= 0.6 is 0 Å². The number of hydrogen-bond donors (Lipinski definition) is 0. The average molecular weight is 293 g/mol. The molecule has 20 heavy (non-hydrogen) atoms. The second kappa shape index (κ2) is 6.82. The monoisotopic (exact) mass is 293 g/mol. The summed E-state index contributed by atoms with van der Waals surface area (Å²) in [7, 11) is -1.67. The first kappa shape index (κ1) is 16.6. The Morgan fingerprint density at radius 2 is 1.90 bits per heavy atom. The van der Waals surface area contributed by atoms with Crippen molar-refractivity contribution >= 4 is 8.32 Å². The van der Waals surface area contributed by atoms with Gasteiger partial charge in [-0.2, -0.15) is 5.26 Å². The molecule has 0 unspecified atom stereocenters. The van der Waals surface area contributed by atoms with Crippen LogP contribution in [0.15, 0.2) is 12.4 Å². The highest BCUT2D eigenvalue weighted by molar-refractivity contribution is 6.74. The Morgan fingerprint density at radius 1 is 1.20 bits per heavy atom. The van der Waals surface area contributed by atoms with Gasteiger partial charge in [-0.15, -0.1) is 0 Å². The quantitative estimate of drug-likeness (QED) is 0.595. The van der Waals surface area contributed by atoms with Crippen molar-refractivity contribution in [2.24, 2.45) is 0 Å². The van der Waals surface area contributed by atoms with Crippen LogP contribution in [0.5, 0.6) is 5.88 Å². The van der Waals surface area contributed by atoms with Crippen molar-refractivity contribution in [2.75, 3.05) is 13.2 Å². The predicted octanol–water partition coefficient (Wildman–Crippen LogP) is 3.14. The van der Waals surface area contributed by atoms with Crippen LogP contribution in [-0.4, -0.2) is 31.5 Å². The van der Waals surface area contributed by atoms with Gasteiger partial charge in [0.1, 0.15) is 6.07 Å². The standard InChI is InChI=1S/C14H23N3O2Si/c1-14(2,3)20(4,5)19-8-6-7-18-13-11-16-12(9-15)10-17-13/h10-11H,6-8H2,1-5H3. The summed E-state index contributed by atoms with van der Waals surface area (Å²) in [5.74, 6) is 0.441. The second-order valence-corrected chi connectivity index (χ2v) is 11.0. The molecule has 0 aliphatic heterocycles. The maximum absolute atomic E-state index is 8.61. The third kappa shape index (κ3) is 4.91. The molecule has 6 heteroatoms. The van der Waals surface area contributed by atoms with Crippen molar-refractivity contribution in [2.45, 2.75) is 45.3 Å². The Hall–Kier alpha value is -1.45. The Kier molecular flexibility index (Phi) is 5.66. The summed E-state index contributed by atoms with van der Waals surface area (Å²) >= 11 is 0. The van der Waals surface area contributed by atoms with E-state index in [1.54, 1.807) is 0 Å². The maximum Gasteiger partial charge on any atom is 0.232 e. The van der Waals surface area contributed by atoms with Crippen molar-refractivity contribution in [3.05, 3.63) is 18.1 Å². The molecule has 1 heterocycles. The van der Waals surface area contributed by atoms with E-state index < -0.39 is 8.32 Å². The van der Waals surface area contributed by atoms with Gasteiger partial charge in [0.25, 0.3) is 0 Å². The van der Waals surface area contributed by atoms with E-state index in [1.165, 1.54) is 12.4 Å². The Morgan fingerprint density at radius 3 is 2.40 bits per heavy atom. The lowest BCUT2D eigenvalue weighted by Gasteiger charge is -2.36. The summed E-state index contributed by atoms with van der Waals surface area (Å²) in [5, 5.41) is 8.84. The first-order valence-electron chi connectivity index (χ1n) is 6.75. The summed E-state index contributed by atoms with van der Waals surface area (Å²) in [4.78, 5) is 7.89. The van der Waals surface area contributed by atoms with Gasteiger partial charge in [-0.05, 0) is 18.1 Å². The van der Waals surface area contributed by atoms with Gasteiger partial charge >= 0.3 is 0 Å². The summed E-state index contributed by atoms with van der Waals surface area (Å²) < 4.78 is 11.5. The minimum atomic E-state index is -1.67. The van der Waals surface area contributed by atoms with Crippen molar-refractivity contribution in [1.82, 2.24) is 9.97 Å². The molecule has 0 radical (unpaired) electrons. The number of hydrogen-bond acceptors (Lipinski definition) is 5. The first-order chi connectivity index (χ1) is 9.26.